The minimum absolute atomic E-state index is 0.0633. The van der Waals surface area contributed by atoms with Crippen molar-refractivity contribution < 1.29 is 40.7 Å². The highest BCUT2D eigenvalue weighted by Gasteiger charge is 2.41. The number of hydrogen-bond acceptors (Lipinski definition) is 7. The van der Waals surface area contributed by atoms with Crippen molar-refractivity contribution >= 4 is 33.9 Å². The molecular formula is C30H40F3N3O6S. The van der Waals surface area contributed by atoms with E-state index >= 15 is 0 Å². The zero-order chi connectivity index (χ0) is 32.6. The molecule has 1 aliphatic rings. The predicted molar refractivity (Wildman–Crippen MR) is 157 cm³/mol. The van der Waals surface area contributed by atoms with Crippen molar-refractivity contribution in [3.05, 3.63) is 41.5 Å². The maximum absolute atomic E-state index is 14.0. The lowest BCUT2D eigenvalue weighted by molar-refractivity contribution is -0.157. The minimum Gasteiger partial charge on any atom is -0.458 e. The second-order valence-electron chi connectivity index (χ2n) is 12.4. The molecule has 1 aromatic carbocycles. The first kappa shape index (κ1) is 35.8. The van der Waals surface area contributed by atoms with Crippen molar-refractivity contribution in [2.75, 3.05) is 5.75 Å². The molecule has 1 N–H and O–H groups in total. The van der Waals surface area contributed by atoms with Crippen molar-refractivity contribution in [1.29, 1.82) is 5.26 Å². The fourth-order valence-electron chi connectivity index (χ4n) is 4.28. The fourth-order valence-corrected chi connectivity index (χ4v) is 5.23. The van der Waals surface area contributed by atoms with Gasteiger partial charge in [0.05, 0.1) is 23.7 Å². The molecule has 0 saturated carbocycles. The predicted octanol–water partition coefficient (Wildman–Crippen LogP) is 6.46. The van der Waals surface area contributed by atoms with Gasteiger partial charge >= 0.3 is 18.2 Å². The Morgan fingerprint density at radius 1 is 1.09 bits per heavy atom. The molecule has 1 aromatic rings. The first-order valence-corrected chi connectivity index (χ1v) is 15.5. The van der Waals surface area contributed by atoms with E-state index in [1.807, 2.05) is 6.08 Å². The molecule has 0 heterocycles. The van der Waals surface area contributed by atoms with Gasteiger partial charge in [0.1, 0.15) is 17.2 Å². The Morgan fingerprint density at radius 2 is 1.70 bits per heavy atom. The fraction of sp³-hybridized carbons (Fsp3) is 0.600. The zero-order valence-corrected chi connectivity index (χ0v) is 26.1. The van der Waals surface area contributed by atoms with Gasteiger partial charge in [-0.25, -0.2) is 18.0 Å². The summed E-state index contributed by atoms with van der Waals surface area (Å²) in [6, 6.07) is 6.71. The maximum Gasteiger partial charge on any atom is 0.408 e. The molecule has 0 radical (unpaired) electrons. The van der Waals surface area contributed by atoms with E-state index in [0.29, 0.717) is 19.3 Å². The summed E-state index contributed by atoms with van der Waals surface area (Å²) >= 11 is 0. The Hall–Kier alpha value is -3.40. The number of benzene rings is 1. The van der Waals surface area contributed by atoms with Gasteiger partial charge in [-0.1, -0.05) is 30.3 Å². The molecule has 0 spiro atoms. The van der Waals surface area contributed by atoms with E-state index in [-0.39, 0.29) is 11.5 Å². The van der Waals surface area contributed by atoms with Gasteiger partial charge in [0.2, 0.25) is 0 Å². The number of esters is 1. The van der Waals surface area contributed by atoms with Crippen molar-refractivity contribution in [2.45, 2.75) is 103 Å². The molecule has 9 nitrogen and oxygen atoms in total. The van der Waals surface area contributed by atoms with E-state index in [1.165, 1.54) is 12.1 Å². The number of amides is 1. The van der Waals surface area contributed by atoms with Crippen LogP contribution in [0.25, 0.3) is 5.57 Å². The molecular weight excluding hydrogens is 587 g/mol. The number of rotatable bonds is 10. The number of alkyl halides is 3. The van der Waals surface area contributed by atoms with Crippen molar-refractivity contribution in [1.82, 2.24) is 5.32 Å². The third-order valence-corrected chi connectivity index (χ3v) is 7.52. The van der Waals surface area contributed by atoms with Crippen LogP contribution in [-0.4, -0.2) is 55.9 Å². The monoisotopic (exact) mass is 627 g/mol. The lowest BCUT2D eigenvalue weighted by Crippen LogP contribution is -2.46. The summed E-state index contributed by atoms with van der Waals surface area (Å²) in [5.74, 6) is -3.87. The van der Waals surface area contributed by atoms with E-state index in [0.717, 1.165) is 17.4 Å². The van der Waals surface area contributed by atoms with Crippen LogP contribution in [0.1, 0.15) is 90.7 Å². The van der Waals surface area contributed by atoms with Gasteiger partial charge in [-0.3, -0.25) is 0 Å². The molecule has 2 unspecified atom stereocenters. The average Bonchev–Trinajstić information content (AvgIpc) is 2.85. The third-order valence-electron chi connectivity index (χ3n) is 6.30. The molecule has 3 atom stereocenters. The highest BCUT2D eigenvalue weighted by atomic mass is 32.2. The van der Waals surface area contributed by atoms with Gasteiger partial charge < -0.3 is 14.8 Å². The summed E-state index contributed by atoms with van der Waals surface area (Å²) in [6.07, 6.45) is -2.10. The summed E-state index contributed by atoms with van der Waals surface area (Å²) in [5.41, 5.74) is -0.132. The lowest BCUT2D eigenvalue weighted by Gasteiger charge is -2.25. The normalized spacial score (nSPS) is 17.9. The molecule has 0 bridgehead atoms. The molecule has 238 valence electrons. The molecule has 43 heavy (non-hydrogen) atoms. The van der Waals surface area contributed by atoms with Crippen LogP contribution in [0.3, 0.4) is 0 Å². The topological polar surface area (TPSA) is 135 Å². The quantitative estimate of drug-likeness (QED) is 0.233. The SMILES string of the molecule is CC(C)(C)OC(=O)N[C@@H](CC=NS(=O)(=O)CCC(c1ccc(C2=CCC(C#N)CC2)cc1)C(F)(F)F)C(=O)OC(C)(C)C. The number of nitriles is 1. The Balaban J connectivity index is 2.12. The van der Waals surface area contributed by atoms with Crippen LogP contribution >= 0.6 is 0 Å². The third kappa shape index (κ3) is 12.8. The van der Waals surface area contributed by atoms with Crippen LogP contribution in [0.15, 0.2) is 34.7 Å². The summed E-state index contributed by atoms with van der Waals surface area (Å²) in [5, 5.41) is 11.4. The summed E-state index contributed by atoms with van der Waals surface area (Å²) < 4.78 is 80.9. The summed E-state index contributed by atoms with van der Waals surface area (Å²) in [6.45, 7) is 9.67. The summed E-state index contributed by atoms with van der Waals surface area (Å²) in [4.78, 5) is 24.8. The van der Waals surface area contributed by atoms with Gasteiger partial charge in [-0.15, -0.1) is 0 Å². The number of hydrogen-bond donors (Lipinski definition) is 1. The number of halogens is 3. The largest absolute Gasteiger partial charge is 0.458 e. The van der Waals surface area contributed by atoms with Crippen molar-refractivity contribution in [2.24, 2.45) is 10.3 Å². The van der Waals surface area contributed by atoms with Gasteiger partial charge in [0.15, 0.2) is 0 Å². The smallest absolute Gasteiger partial charge is 0.408 e. The second kappa shape index (κ2) is 14.4. The molecule has 1 aliphatic carbocycles. The molecule has 0 aliphatic heterocycles. The number of carbonyl (C=O) groups excluding carboxylic acids is 2. The minimum atomic E-state index is -4.70. The Kier molecular flexibility index (Phi) is 12.0. The van der Waals surface area contributed by atoms with E-state index < -0.39 is 70.0 Å². The number of sulfonamides is 1. The Morgan fingerprint density at radius 3 is 2.19 bits per heavy atom. The number of alkyl carbamates (subject to hydrolysis) is 1. The lowest BCUT2D eigenvalue weighted by atomic mass is 9.86. The first-order valence-electron chi connectivity index (χ1n) is 13.9. The molecule has 13 heteroatoms. The first-order chi connectivity index (χ1) is 19.7. The van der Waals surface area contributed by atoms with Gasteiger partial charge in [0.25, 0.3) is 10.0 Å². The average molecular weight is 628 g/mol. The Bertz CT molecular complexity index is 1340. The summed E-state index contributed by atoms with van der Waals surface area (Å²) in [7, 11) is -4.35. The van der Waals surface area contributed by atoms with Crippen LogP contribution in [0.4, 0.5) is 18.0 Å². The molecule has 0 fully saturated rings. The van der Waals surface area contributed by atoms with Gasteiger partial charge in [-0.05, 0) is 83.9 Å². The van der Waals surface area contributed by atoms with Crippen LogP contribution in [0.2, 0.25) is 0 Å². The molecule has 1 amide bonds. The van der Waals surface area contributed by atoms with Crippen molar-refractivity contribution in [3.63, 3.8) is 0 Å². The van der Waals surface area contributed by atoms with E-state index in [1.54, 1.807) is 53.7 Å². The van der Waals surface area contributed by atoms with E-state index in [9.17, 15) is 31.2 Å². The number of nitrogens with one attached hydrogen (secondary N) is 1. The highest BCUT2D eigenvalue weighted by Crippen LogP contribution is 2.39. The number of nitrogens with zero attached hydrogens (tertiary/aromatic N) is 2. The molecule has 2 rings (SSSR count). The van der Waals surface area contributed by atoms with Gasteiger partial charge in [0, 0.05) is 12.6 Å². The van der Waals surface area contributed by atoms with Crippen molar-refractivity contribution in [3.8, 4) is 6.07 Å². The van der Waals surface area contributed by atoms with Crippen LogP contribution < -0.4 is 5.32 Å². The number of ether oxygens (including phenoxy) is 2. The van der Waals surface area contributed by atoms with E-state index in [4.69, 9.17) is 14.7 Å². The molecule has 0 saturated heterocycles. The zero-order valence-electron chi connectivity index (χ0n) is 25.3. The van der Waals surface area contributed by atoms with Crippen LogP contribution in [0.5, 0.6) is 0 Å². The van der Waals surface area contributed by atoms with Crippen LogP contribution in [-0.2, 0) is 24.3 Å². The van der Waals surface area contributed by atoms with Crippen LogP contribution in [0, 0.1) is 17.2 Å². The second-order valence-corrected chi connectivity index (χ2v) is 14.2. The van der Waals surface area contributed by atoms with Gasteiger partial charge in [-0.2, -0.15) is 22.8 Å². The van der Waals surface area contributed by atoms with E-state index in [2.05, 4.69) is 15.8 Å². The maximum atomic E-state index is 14.0. The number of carbonyl (C=O) groups is 2. The highest BCUT2D eigenvalue weighted by molar-refractivity contribution is 7.90. The standard InChI is InChI=1S/C30H40F3N3O6S/c1-28(2,3)41-26(37)25(36-27(38)42-29(4,5)6)15-17-35-43(39,40)18-16-24(30(31,32)33)23-13-11-22(12-14-23)21-9-7-20(19-34)8-10-21/h9,11-14,17,20,24-25H,7-8,10,15-16,18H2,1-6H3,(H,36,38)/t20?,24?,25-/m0/s1. The Labute approximate surface area is 251 Å². The molecule has 0 aromatic heterocycles. The number of allylic oxidation sites excluding steroid dienone is 2.